The van der Waals surface area contributed by atoms with Crippen LogP contribution >= 0.6 is 31.9 Å². The lowest BCUT2D eigenvalue weighted by molar-refractivity contribution is 0.0950. The zero-order valence-corrected chi connectivity index (χ0v) is 12.4. The molecule has 1 amide bonds. The van der Waals surface area contributed by atoms with Crippen LogP contribution < -0.4 is 11.1 Å². The minimum atomic E-state index is -0.419. The molecule has 2 rings (SSSR count). The molecule has 8 heteroatoms. The smallest absolute Gasteiger partial charge is 0.292 e. The number of nitrogen functional groups attached to an aromatic ring is 1. The van der Waals surface area contributed by atoms with Crippen molar-refractivity contribution in [1.29, 1.82) is 0 Å². The lowest BCUT2D eigenvalue weighted by atomic mass is 10.2. The van der Waals surface area contributed by atoms with Gasteiger partial charge in [-0.05, 0) is 28.1 Å². The van der Waals surface area contributed by atoms with Gasteiger partial charge in [0.1, 0.15) is 0 Å². The molecule has 0 saturated heterocycles. The summed E-state index contributed by atoms with van der Waals surface area (Å²) in [6.45, 7) is 0. The first kappa shape index (κ1) is 13.0. The van der Waals surface area contributed by atoms with E-state index in [2.05, 4.69) is 47.3 Å². The van der Waals surface area contributed by atoms with Crippen molar-refractivity contribution in [3.8, 4) is 11.5 Å². The van der Waals surface area contributed by atoms with E-state index in [1.807, 2.05) is 0 Å². The van der Waals surface area contributed by atoms with Crippen LogP contribution in [-0.4, -0.2) is 23.1 Å². The molecule has 0 unspecified atom stereocenters. The molecule has 0 spiro atoms. The van der Waals surface area contributed by atoms with Gasteiger partial charge in [0.25, 0.3) is 17.6 Å². The van der Waals surface area contributed by atoms with Crippen molar-refractivity contribution in [3.05, 3.63) is 26.9 Å². The maximum absolute atomic E-state index is 11.3. The van der Waals surface area contributed by atoms with Crippen LogP contribution in [0, 0.1) is 0 Å². The van der Waals surface area contributed by atoms with Gasteiger partial charge in [-0.15, -0.1) is 0 Å². The number of hydrogen-bond donors (Lipinski definition) is 2. The number of rotatable bonds is 2. The standard InChI is InChI=1S/C10H8Br2N4O2/c1-14-9(17)8-15-10(18-16-8)5-2-4(11)3-6(12)7(5)13/h2-3H,13H2,1H3,(H,14,17). The van der Waals surface area contributed by atoms with Crippen molar-refractivity contribution < 1.29 is 9.32 Å². The van der Waals surface area contributed by atoms with Crippen LogP contribution in [0.3, 0.4) is 0 Å². The molecule has 0 aliphatic rings. The molecule has 3 N–H and O–H groups in total. The Bertz CT molecular complexity index is 612. The minimum absolute atomic E-state index is 0.0389. The maximum Gasteiger partial charge on any atom is 0.292 e. The molecule has 0 atom stereocenters. The highest BCUT2D eigenvalue weighted by molar-refractivity contribution is 9.11. The zero-order valence-electron chi connectivity index (χ0n) is 9.20. The van der Waals surface area contributed by atoms with Crippen LogP contribution in [0.4, 0.5) is 5.69 Å². The highest BCUT2D eigenvalue weighted by atomic mass is 79.9. The second-order valence-corrected chi connectivity index (χ2v) is 5.12. The number of nitrogens with two attached hydrogens (primary N) is 1. The second-order valence-electron chi connectivity index (χ2n) is 3.35. The molecule has 2 aromatic rings. The molecule has 0 bridgehead atoms. The van der Waals surface area contributed by atoms with E-state index in [-0.39, 0.29) is 11.7 Å². The number of benzene rings is 1. The Morgan fingerprint density at radius 1 is 1.44 bits per heavy atom. The topological polar surface area (TPSA) is 94.0 Å². The fraction of sp³-hybridized carbons (Fsp3) is 0.100. The Labute approximate surface area is 119 Å². The number of anilines is 1. The van der Waals surface area contributed by atoms with Gasteiger partial charge in [0, 0.05) is 16.0 Å². The van der Waals surface area contributed by atoms with Crippen molar-refractivity contribution in [2.45, 2.75) is 0 Å². The summed E-state index contributed by atoms with van der Waals surface area (Å²) in [5.41, 5.74) is 6.92. The van der Waals surface area contributed by atoms with Gasteiger partial charge in [-0.1, -0.05) is 21.1 Å². The monoisotopic (exact) mass is 374 g/mol. The third-order valence-corrected chi connectivity index (χ3v) is 3.29. The van der Waals surface area contributed by atoms with Crippen molar-refractivity contribution in [2.24, 2.45) is 0 Å². The number of carbonyl (C=O) groups excluding carboxylic acids is 1. The summed E-state index contributed by atoms with van der Waals surface area (Å²) in [7, 11) is 1.49. The third kappa shape index (κ3) is 2.39. The summed E-state index contributed by atoms with van der Waals surface area (Å²) in [6.07, 6.45) is 0. The number of carbonyl (C=O) groups is 1. The van der Waals surface area contributed by atoms with E-state index < -0.39 is 5.91 Å². The Balaban J connectivity index is 2.49. The molecule has 0 fully saturated rings. The Hall–Kier alpha value is -1.41. The van der Waals surface area contributed by atoms with Crippen LogP contribution in [-0.2, 0) is 0 Å². The first-order valence-electron chi connectivity index (χ1n) is 4.83. The number of halogens is 2. The number of aromatic nitrogens is 2. The largest absolute Gasteiger partial charge is 0.397 e. The van der Waals surface area contributed by atoms with Gasteiger partial charge < -0.3 is 15.6 Å². The summed E-state index contributed by atoms with van der Waals surface area (Å²) in [6, 6.07) is 3.54. The van der Waals surface area contributed by atoms with Gasteiger partial charge >= 0.3 is 0 Å². The van der Waals surface area contributed by atoms with E-state index in [0.717, 1.165) is 4.47 Å². The van der Waals surface area contributed by atoms with E-state index in [0.29, 0.717) is 15.7 Å². The molecule has 1 aromatic carbocycles. The fourth-order valence-electron chi connectivity index (χ4n) is 1.30. The minimum Gasteiger partial charge on any atom is -0.397 e. The highest BCUT2D eigenvalue weighted by Crippen LogP contribution is 2.34. The Kier molecular flexibility index (Phi) is 3.67. The van der Waals surface area contributed by atoms with E-state index in [4.69, 9.17) is 10.3 Å². The average Bonchev–Trinajstić information content (AvgIpc) is 2.82. The lowest BCUT2D eigenvalue weighted by Crippen LogP contribution is -2.19. The van der Waals surface area contributed by atoms with Crippen molar-refractivity contribution >= 4 is 43.5 Å². The molecule has 1 aromatic heterocycles. The summed E-state index contributed by atoms with van der Waals surface area (Å²) >= 11 is 6.66. The van der Waals surface area contributed by atoms with Crippen LogP contribution in [0.5, 0.6) is 0 Å². The van der Waals surface area contributed by atoms with Crippen LogP contribution in [0.15, 0.2) is 25.6 Å². The Morgan fingerprint density at radius 3 is 2.83 bits per heavy atom. The molecule has 0 saturated carbocycles. The van der Waals surface area contributed by atoms with E-state index in [1.54, 1.807) is 12.1 Å². The number of nitrogens with one attached hydrogen (secondary N) is 1. The van der Waals surface area contributed by atoms with Gasteiger partial charge in [-0.25, -0.2) is 0 Å². The van der Waals surface area contributed by atoms with Gasteiger partial charge in [0.15, 0.2) is 0 Å². The molecule has 1 heterocycles. The quantitative estimate of drug-likeness (QED) is 0.784. The van der Waals surface area contributed by atoms with E-state index in [9.17, 15) is 4.79 Å². The SMILES string of the molecule is CNC(=O)c1noc(-c2cc(Br)cc(Br)c2N)n1. The highest BCUT2D eigenvalue weighted by Gasteiger charge is 2.17. The van der Waals surface area contributed by atoms with E-state index in [1.165, 1.54) is 7.05 Å². The first-order chi connectivity index (χ1) is 8.52. The summed E-state index contributed by atoms with van der Waals surface area (Å²) < 4.78 is 6.53. The Morgan fingerprint density at radius 2 is 2.17 bits per heavy atom. The molecule has 0 aliphatic carbocycles. The van der Waals surface area contributed by atoms with Crippen molar-refractivity contribution in [1.82, 2.24) is 15.5 Å². The van der Waals surface area contributed by atoms with Crippen molar-refractivity contribution in [2.75, 3.05) is 12.8 Å². The van der Waals surface area contributed by atoms with Crippen molar-refractivity contribution in [3.63, 3.8) is 0 Å². The summed E-state index contributed by atoms with van der Waals surface area (Å²) in [4.78, 5) is 15.3. The van der Waals surface area contributed by atoms with E-state index >= 15 is 0 Å². The predicted octanol–water partition coefficient (Wildman–Crippen LogP) is 2.20. The fourth-order valence-corrected chi connectivity index (χ4v) is 2.52. The van der Waals surface area contributed by atoms with Gasteiger partial charge in [0.2, 0.25) is 0 Å². The number of amides is 1. The molecule has 0 aliphatic heterocycles. The zero-order chi connectivity index (χ0) is 13.3. The molecular formula is C10H8Br2N4O2. The van der Waals surface area contributed by atoms with Gasteiger partial charge in [0.05, 0.1) is 11.3 Å². The van der Waals surface area contributed by atoms with Gasteiger partial charge in [-0.3, -0.25) is 4.79 Å². The third-order valence-electron chi connectivity index (χ3n) is 2.18. The van der Waals surface area contributed by atoms with Crippen LogP contribution in [0.1, 0.15) is 10.6 Å². The molecule has 6 nitrogen and oxygen atoms in total. The van der Waals surface area contributed by atoms with Crippen LogP contribution in [0.25, 0.3) is 11.5 Å². The lowest BCUT2D eigenvalue weighted by Gasteiger charge is -2.04. The molecular weight excluding hydrogens is 368 g/mol. The van der Waals surface area contributed by atoms with Gasteiger partial charge in [-0.2, -0.15) is 4.98 Å². The summed E-state index contributed by atoms with van der Waals surface area (Å²) in [5.74, 6) is -0.270. The molecule has 0 radical (unpaired) electrons. The second kappa shape index (κ2) is 5.07. The number of nitrogens with zero attached hydrogens (tertiary/aromatic N) is 2. The number of hydrogen-bond acceptors (Lipinski definition) is 5. The predicted molar refractivity (Wildman–Crippen MR) is 72.9 cm³/mol. The normalized spacial score (nSPS) is 10.4. The first-order valence-corrected chi connectivity index (χ1v) is 6.42. The average molecular weight is 376 g/mol. The molecule has 18 heavy (non-hydrogen) atoms. The molecule has 94 valence electrons. The van der Waals surface area contributed by atoms with Crippen LogP contribution in [0.2, 0.25) is 0 Å². The summed E-state index contributed by atoms with van der Waals surface area (Å²) in [5, 5.41) is 5.99. The maximum atomic E-state index is 11.3.